The van der Waals surface area contributed by atoms with Crippen molar-refractivity contribution < 1.29 is 9.90 Å². The van der Waals surface area contributed by atoms with Crippen LogP contribution in [-0.4, -0.2) is 21.2 Å². The Labute approximate surface area is 97.5 Å². The van der Waals surface area contributed by atoms with Gasteiger partial charge in [0.05, 0.1) is 17.4 Å². The zero-order valence-corrected chi connectivity index (χ0v) is 8.97. The molecule has 6 nitrogen and oxygen atoms in total. The SMILES string of the molecule is Nc1cccc(C(=O)NCc2cn[nH]c2)c1O. The van der Waals surface area contributed by atoms with Gasteiger partial charge < -0.3 is 16.2 Å². The molecule has 0 aliphatic rings. The first-order chi connectivity index (χ1) is 8.18. The molecule has 2 rings (SSSR count). The normalized spacial score (nSPS) is 10.1. The molecule has 0 radical (unpaired) electrons. The van der Waals surface area contributed by atoms with Crippen LogP contribution >= 0.6 is 0 Å². The second-order valence-corrected chi connectivity index (χ2v) is 3.53. The molecule has 5 N–H and O–H groups in total. The highest BCUT2D eigenvalue weighted by Gasteiger charge is 2.12. The lowest BCUT2D eigenvalue weighted by Crippen LogP contribution is -2.22. The first-order valence-electron chi connectivity index (χ1n) is 5.02. The van der Waals surface area contributed by atoms with Gasteiger partial charge >= 0.3 is 0 Å². The molecule has 88 valence electrons. The van der Waals surface area contributed by atoms with Crippen LogP contribution in [0.2, 0.25) is 0 Å². The van der Waals surface area contributed by atoms with E-state index in [4.69, 9.17) is 5.73 Å². The minimum atomic E-state index is -0.379. The van der Waals surface area contributed by atoms with Gasteiger partial charge in [-0.1, -0.05) is 6.07 Å². The van der Waals surface area contributed by atoms with Crippen molar-refractivity contribution >= 4 is 11.6 Å². The Bertz CT molecular complexity index is 522. The van der Waals surface area contributed by atoms with Gasteiger partial charge in [-0.25, -0.2) is 0 Å². The summed E-state index contributed by atoms with van der Waals surface area (Å²) in [4.78, 5) is 11.8. The van der Waals surface area contributed by atoms with Crippen LogP contribution in [0.4, 0.5) is 5.69 Å². The number of phenolic OH excluding ortho intramolecular Hbond substituents is 1. The van der Waals surface area contributed by atoms with E-state index < -0.39 is 0 Å². The summed E-state index contributed by atoms with van der Waals surface area (Å²) in [7, 11) is 0. The number of rotatable bonds is 3. The van der Waals surface area contributed by atoms with E-state index in [9.17, 15) is 9.90 Å². The van der Waals surface area contributed by atoms with Crippen molar-refractivity contribution in [3.05, 3.63) is 41.7 Å². The van der Waals surface area contributed by atoms with Crippen molar-refractivity contribution in [3.8, 4) is 5.75 Å². The van der Waals surface area contributed by atoms with Gasteiger partial charge in [-0.05, 0) is 12.1 Å². The van der Waals surface area contributed by atoms with Gasteiger partial charge in [0.2, 0.25) is 0 Å². The smallest absolute Gasteiger partial charge is 0.255 e. The van der Waals surface area contributed by atoms with E-state index in [0.717, 1.165) is 5.56 Å². The highest BCUT2D eigenvalue weighted by molar-refractivity contribution is 5.98. The van der Waals surface area contributed by atoms with Gasteiger partial charge in [0, 0.05) is 18.3 Å². The van der Waals surface area contributed by atoms with Gasteiger partial charge in [-0.15, -0.1) is 0 Å². The first kappa shape index (κ1) is 11.0. The Kier molecular flexibility index (Phi) is 2.95. The third-order valence-corrected chi connectivity index (χ3v) is 2.32. The van der Waals surface area contributed by atoms with Gasteiger partial charge in [-0.2, -0.15) is 5.10 Å². The Morgan fingerprint density at radius 1 is 1.53 bits per heavy atom. The van der Waals surface area contributed by atoms with E-state index in [2.05, 4.69) is 15.5 Å². The second kappa shape index (κ2) is 4.56. The van der Waals surface area contributed by atoms with Crippen LogP contribution in [0.25, 0.3) is 0 Å². The second-order valence-electron chi connectivity index (χ2n) is 3.53. The zero-order valence-electron chi connectivity index (χ0n) is 8.97. The van der Waals surface area contributed by atoms with Crippen molar-refractivity contribution in [2.45, 2.75) is 6.54 Å². The summed E-state index contributed by atoms with van der Waals surface area (Å²) >= 11 is 0. The number of aromatic hydroxyl groups is 1. The number of carbonyl (C=O) groups excluding carboxylic acids is 1. The minimum absolute atomic E-state index is 0.161. The van der Waals surface area contributed by atoms with Gasteiger partial charge in [0.15, 0.2) is 5.75 Å². The molecule has 1 amide bonds. The lowest BCUT2D eigenvalue weighted by atomic mass is 10.1. The molecule has 0 spiro atoms. The van der Waals surface area contributed by atoms with Crippen LogP contribution < -0.4 is 11.1 Å². The molecule has 0 saturated heterocycles. The fourth-order valence-electron chi connectivity index (χ4n) is 1.40. The molecule has 6 heteroatoms. The molecule has 0 atom stereocenters. The zero-order chi connectivity index (χ0) is 12.3. The summed E-state index contributed by atoms with van der Waals surface area (Å²) in [6.07, 6.45) is 3.29. The summed E-state index contributed by atoms with van der Waals surface area (Å²) < 4.78 is 0. The number of H-pyrrole nitrogens is 1. The number of phenols is 1. The molecule has 0 aliphatic heterocycles. The number of nitrogens with zero attached hydrogens (tertiary/aromatic N) is 1. The number of benzene rings is 1. The number of hydrogen-bond acceptors (Lipinski definition) is 4. The van der Waals surface area contributed by atoms with Crippen molar-refractivity contribution in [1.82, 2.24) is 15.5 Å². The van der Waals surface area contributed by atoms with E-state index in [0.29, 0.717) is 6.54 Å². The average Bonchev–Trinajstić information content (AvgIpc) is 2.82. The maximum atomic E-state index is 11.8. The van der Waals surface area contributed by atoms with Crippen LogP contribution in [0.15, 0.2) is 30.6 Å². The van der Waals surface area contributed by atoms with Gasteiger partial charge in [0.25, 0.3) is 5.91 Å². The molecular formula is C11H12N4O2. The lowest BCUT2D eigenvalue weighted by Gasteiger charge is -2.07. The number of nitrogen functional groups attached to an aromatic ring is 1. The number of aromatic nitrogens is 2. The maximum absolute atomic E-state index is 11.8. The third kappa shape index (κ3) is 2.36. The number of nitrogens with one attached hydrogen (secondary N) is 2. The first-order valence-corrected chi connectivity index (χ1v) is 5.02. The van der Waals surface area contributed by atoms with E-state index in [-0.39, 0.29) is 22.9 Å². The Morgan fingerprint density at radius 2 is 2.35 bits per heavy atom. The topological polar surface area (TPSA) is 104 Å². The van der Waals surface area contributed by atoms with Gasteiger partial charge in [0.1, 0.15) is 0 Å². The molecular weight excluding hydrogens is 220 g/mol. The van der Waals surface area contributed by atoms with Crippen molar-refractivity contribution in [3.63, 3.8) is 0 Å². The molecule has 1 aromatic heterocycles. The molecule has 1 aromatic carbocycles. The molecule has 1 heterocycles. The van der Waals surface area contributed by atoms with E-state index in [1.807, 2.05) is 0 Å². The number of hydrogen-bond donors (Lipinski definition) is 4. The Morgan fingerprint density at radius 3 is 3.06 bits per heavy atom. The predicted molar refractivity (Wildman–Crippen MR) is 62.3 cm³/mol. The van der Waals surface area contributed by atoms with Crippen LogP contribution in [0.5, 0.6) is 5.75 Å². The molecule has 0 fully saturated rings. The number of carbonyl (C=O) groups is 1. The quantitative estimate of drug-likeness (QED) is 0.460. The number of amides is 1. The minimum Gasteiger partial charge on any atom is -0.505 e. The van der Waals surface area contributed by atoms with E-state index in [1.54, 1.807) is 18.5 Å². The summed E-state index contributed by atoms with van der Waals surface area (Å²) in [5, 5.41) is 18.7. The molecule has 2 aromatic rings. The molecule has 0 unspecified atom stereocenters. The number of aromatic amines is 1. The fraction of sp³-hybridized carbons (Fsp3) is 0.0909. The summed E-state index contributed by atoms with van der Waals surface area (Å²) in [5.74, 6) is -0.576. The third-order valence-electron chi connectivity index (χ3n) is 2.32. The van der Waals surface area contributed by atoms with E-state index >= 15 is 0 Å². The van der Waals surface area contributed by atoms with Crippen molar-refractivity contribution in [2.75, 3.05) is 5.73 Å². The fourth-order valence-corrected chi connectivity index (χ4v) is 1.40. The summed E-state index contributed by atoms with van der Waals surface area (Å²) in [5.41, 5.74) is 6.70. The molecule has 0 aliphatic carbocycles. The van der Waals surface area contributed by atoms with Crippen molar-refractivity contribution in [1.29, 1.82) is 0 Å². The summed E-state index contributed by atoms with van der Waals surface area (Å²) in [6.45, 7) is 0.337. The Balaban J connectivity index is 2.07. The number of anilines is 1. The average molecular weight is 232 g/mol. The summed E-state index contributed by atoms with van der Waals surface area (Å²) in [6, 6.07) is 4.65. The largest absolute Gasteiger partial charge is 0.505 e. The predicted octanol–water partition coefficient (Wildman–Crippen LogP) is 0.627. The molecule has 0 saturated carbocycles. The molecule has 17 heavy (non-hydrogen) atoms. The highest BCUT2D eigenvalue weighted by Crippen LogP contribution is 2.24. The van der Waals surface area contributed by atoms with Crippen LogP contribution in [0, 0.1) is 0 Å². The van der Waals surface area contributed by atoms with Crippen LogP contribution in [0.3, 0.4) is 0 Å². The molecule has 0 bridgehead atoms. The van der Waals surface area contributed by atoms with E-state index in [1.165, 1.54) is 12.1 Å². The van der Waals surface area contributed by atoms with Crippen molar-refractivity contribution in [2.24, 2.45) is 0 Å². The lowest BCUT2D eigenvalue weighted by molar-refractivity contribution is 0.0948. The maximum Gasteiger partial charge on any atom is 0.255 e. The number of para-hydroxylation sites is 1. The van der Waals surface area contributed by atoms with Crippen LogP contribution in [0.1, 0.15) is 15.9 Å². The van der Waals surface area contributed by atoms with Crippen LogP contribution in [-0.2, 0) is 6.54 Å². The number of nitrogens with two attached hydrogens (primary N) is 1. The van der Waals surface area contributed by atoms with Gasteiger partial charge in [-0.3, -0.25) is 9.89 Å². The monoisotopic (exact) mass is 232 g/mol. The Hall–Kier alpha value is -2.50. The highest BCUT2D eigenvalue weighted by atomic mass is 16.3. The standard InChI is InChI=1S/C11H12N4O2/c12-9-3-1-2-8(10(9)16)11(17)13-4-7-5-14-15-6-7/h1-3,5-6,16H,4,12H2,(H,13,17)(H,14,15).